The van der Waals surface area contributed by atoms with E-state index in [1.54, 1.807) is 0 Å². The van der Waals surface area contributed by atoms with Crippen LogP contribution in [-0.4, -0.2) is 65.3 Å². The highest BCUT2D eigenvalue weighted by atomic mass is 16.2. The second kappa shape index (κ2) is 7.78. The van der Waals surface area contributed by atoms with Gasteiger partial charge < -0.3 is 9.80 Å². The quantitative estimate of drug-likeness (QED) is 0.834. The highest BCUT2D eigenvalue weighted by Gasteiger charge is 2.37. The van der Waals surface area contributed by atoms with Gasteiger partial charge in [-0.25, -0.2) is 0 Å². The molecule has 0 N–H and O–H groups in total. The van der Waals surface area contributed by atoms with Gasteiger partial charge in [0.15, 0.2) is 0 Å². The maximum absolute atomic E-state index is 12.9. The summed E-state index contributed by atoms with van der Waals surface area (Å²) in [4.78, 5) is 31.7. The summed E-state index contributed by atoms with van der Waals surface area (Å²) in [6.07, 6.45) is 1.82. The predicted octanol–water partition coefficient (Wildman–Crippen LogP) is 2.37. The van der Waals surface area contributed by atoms with Crippen LogP contribution in [-0.2, 0) is 16.1 Å². The van der Waals surface area contributed by atoms with Crippen molar-refractivity contribution < 1.29 is 9.59 Å². The summed E-state index contributed by atoms with van der Waals surface area (Å²) in [5.41, 5.74) is 0.837. The number of benzene rings is 1. The third-order valence-corrected chi connectivity index (χ3v) is 5.39. The molecular formula is C21H31N3O2. The first-order valence-electron chi connectivity index (χ1n) is 9.72. The van der Waals surface area contributed by atoms with Gasteiger partial charge >= 0.3 is 0 Å². The molecule has 0 bridgehead atoms. The van der Waals surface area contributed by atoms with E-state index in [0.29, 0.717) is 6.54 Å². The normalized spacial score (nSPS) is 22.6. The van der Waals surface area contributed by atoms with E-state index in [1.165, 1.54) is 5.56 Å². The van der Waals surface area contributed by atoms with Crippen LogP contribution in [0.4, 0.5) is 0 Å². The maximum atomic E-state index is 12.9. The summed E-state index contributed by atoms with van der Waals surface area (Å²) in [5.74, 6) is 0.451. The number of nitrogens with zero attached hydrogens (tertiary/aromatic N) is 3. The monoisotopic (exact) mass is 357 g/mol. The Balaban J connectivity index is 1.58. The van der Waals surface area contributed by atoms with Crippen LogP contribution in [0.1, 0.15) is 39.2 Å². The van der Waals surface area contributed by atoms with E-state index >= 15 is 0 Å². The molecule has 1 aromatic carbocycles. The topological polar surface area (TPSA) is 43.9 Å². The van der Waals surface area contributed by atoms with Crippen LogP contribution in [0.25, 0.3) is 0 Å². The second-order valence-electron chi connectivity index (χ2n) is 8.48. The van der Waals surface area contributed by atoms with Crippen LogP contribution in [0.15, 0.2) is 30.3 Å². The number of amides is 2. The van der Waals surface area contributed by atoms with Crippen molar-refractivity contribution >= 4 is 11.8 Å². The molecule has 2 saturated heterocycles. The number of hydrogen-bond acceptors (Lipinski definition) is 3. The summed E-state index contributed by atoms with van der Waals surface area (Å²) in [6, 6.07) is 10.2. The SMILES string of the molecule is CC(C)(C)C(=O)N1CCCN(C2CCN(Cc3ccccc3)C2=O)CC1. The van der Waals surface area contributed by atoms with Gasteiger partial charge in [0.25, 0.3) is 0 Å². The van der Waals surface area contributed by atoms with E-state index in [1.807, 2.05) is 48.8 Å². The number of hydrogen-bond donors (Lipinski definition) is 0. The van der Waals surface area contributed by atoms with E-state index in [0.717, 1.165) is 45.6 Å². The first kappa shape index (κ1) is 18.9. The van der Waals surface area contributed by atoms with Crippen LogP contribution in [0.2, 0.25) is 0 Å². The molecule has 3 rings (SSSR count). The van der Waals surface area contributed by atoms with E-state index in [2.05, 4.69) is 17.0 Å². The van der Waals surface area contributed by atoms with Crippen LogP contribution in [0.3, 0.4) is 0 Å². The maximum Gasteiger partial charge on any atom is 0.240 e. The van der Waals surface area contributed by atoms with Gasteiger partial charge in [-0.05, 0) is 18.4 Å². The number of rotatable bonds is 3. The van der Waals surface area contributed by atoms with Crippen molar-refractivity contribution in [1.82, 2.24) is 14.7 Å². The lowest BCUT2D eigenvalue weighted by molar-refractivity contribution is -0.139. The zero-order chi connectivity index (χ0) is 18.7. The average molecular weight is 357 g/mol. The minimum atomic E-state index is -0.342. The molecule has 5 nitrogen and oxygen atoms in total. The van der Waals surface area contributed by atoms with Gasteiger partial charge in [-0.1, -0.05) is 51.1 Å². The van der Waals surface area contributed by atoms with Crippen molar-refractivity contribution in [3.05, 3.63) is 35.9 Å². The fourth-order valence-electron chi connectivity index (χ4n) is 3.95. The molecule has 1 unspecified atom stereocenters. The molecule has 2 amide bonds. The van der Waals surface area contributed by atoms with E-state index < -0.39 is 0 Å². The highest BCUT2D eigenvalue weighted by Crippen LogP contribution is 2.23. The van der Waals surface area contributed by atoms with Gasteiger partial charge in [0.2, 0.25) is 11.8 Å². The molecule has 142 valence electrons. The summed E-state index contributed by atoms with van der Waals surface area (Å²) in [5, 5.41) is 0. The van der Waals surface area contributed by atoms with Gasteiger partial charge in [0, 0.05) is 44.7 Å². The van der Waals surface area contributed by atoms with Gasteiger partial charge in [-0.15, -0.1) is 0 Å². The molecule has 2 aliphatic heterocycles. The number of likely N-dealkylation sites (tertiary alicyclic amines) is 1. The summed E-state index contributed by atoms with van der Waals surface area (Å²) >= 11 is 0. The van der Waals surface area contributed by atoms with Crippen molar-refractivity contribution in [2.75, 3.05) is 32.7 Å². The Morgan fingerprint density at radius 3 is 2.46 bits per heavy atom. The summed E-state index contributed by atoms with van der Waals surface area (Å²) in [6.45, 7) is 10.6. The van der Waals surface area contributed by atoms with Crippen molar-refractivity contribution in [2.24, 2.45) is 5.41 Å². The Morgan fingerprint density at radius 2 is 1.77 bits per heavy atom. The Bertz CT molecular complexity index is 638. The predicted molar refractivity (Wildman–Crippen MR) is 102 cm³/mol. The molecule has 5 heteroatoms. The lowest BCUT2D eigenvalue weighted by Gasteiger charge is -2.29. The smallest absolute Gasteiger partial charge is 0.240 e. The van der Waals surface area contributed by atoms with Crippen LogP contribution < -0.4 is 0 Å². The van der Waals surface area contributed by atoms with E-state index in [-0.39, 0.29) is 23.3 Å². The molecule has 0 radical (unpaired) electrons. The van der Waals surface area contributed by atoms with Crippen LogP contribution in [0, 0.1) is 5.41 Å². The first-order valence-corrected chi connectivity index (χ1v) is 9.72. The van der Waals surface area contributed by atoms with Crippen LogP contribution in [0.5, 0.6) is 0 Å². The molecule has 26 heavy (non-hydrogen) atoms. The zero-order valence-electron chi connectivity index (χ0n) is 16.3. The Kier molecular flexibility index (Phi) is 5.66. The standard InChI is InChI=1S/C21H31N3O2/c1-21(2,3)20(26)23-12-7-11-22(14-15-23)18-10-13-24(19(18)25)16-17-8-5-4-6-9-17/h4-6,8-9,18H,7,10-16H2,1-3H3. The second-order valence-corrected chi connectivity index (χ2v) is 8.48. The van der Waals surface area contributed by atoms with Crippen LogP contribution >= 0.6 is 0 Å². The van der Waals surface area contributed by atoms with Crippen molar-refractivity contribution in [3.63, 3.8) is 0 Å². The largest absolute Gasteiger partial charge is 0.341 e. The lowest BCUT2D eigenvalue weighted by atomic mass is 9.94. The van der Waals surface area contributed by atoms with E-state index in [4.69, 9.17) is 0 Å². The highest BCUT2D eigenvalue weighted by molar-refractivity contribution is 5.84. The fourth-order valence-corrected chi connectivity index (χ4v) is 3.95. The number of carbonyl (C=O) groups excluding carboxylic acids is 2. The fraction of sp³-hybridized carbons (Fsp3) is 0.619. The van der Waals surface area contributed by atoms with E-state index in [9.17, 15) is 9.59 Å². The molecule has 1 atom stereocenters. The molecule has 0 aliphatic carbocycles. The van der Waals surface area contributed by atoms with Gasteiger partial charge in [-0.2, -0.15) is 0 Å². The van der Waals surface area contributed by atoms with Gasteiger partial charge in [-0.3, -0.25) is 14.5 Å². The van der Waals surface area contributed by atoms with Gasteiger partial charge in [0.05, 0.1) is 6.04 Å². The summed E-state index contributed by atoms with van der Waals surface area (Å²) in [7, 11) is 0. The Hall–Kier alpha value is -1.88. The lowest BCUT2D eigenvalue weighted by Crippen LogP contribution is -2.45. The molecular weight excluding hydrogens is 326 g/mol. The molecule has 2 aliphatic rings. The molecule has 0 aromatic heterocycles. The van der Waals surface area contributed by atoms with Gasteiger partial charge in [0.1, 0.15) is 0 Å². The molecule has 0 saturated carbocycles. The minimum Gasteiger partial charge on any atom is -0.341 e. The number of carbonyl (C=O) groups is 2. The molecule has 0 spiro atoms. The first-order chi connectivity index (χ1) is 12.4. The molecule has 2 fully saturated rings. The third-order valence-electron chi connectivity index (χ3n) is 5.39. The zero-order valence-corrected chi connectivity index (χ0v) is 16.3. The third kappa shape index (κ3) is 4.26. The summed E-state index contributed by atoms with van der Waals surface area (Å²) < 4.78 is 0. The molecule has 2 heterocycles. The Morgan fingerprint density at radius 1 is 1.04 bits per heavy atom. The average Bonchev–Trinajstić information content (AvgIpc) is 2.83. The van der Waals surface area contributed by atoms with Crippen molar-refractivity contribution in [3.8, 4) is 0 Å². The van der Waals surface area contributed by atoms with Crippen molar-refractivity contribution in [2.45, 2.75) is 46.2 Å². The Labute approximate surface area is 156 Å². The molecule has 1 aromatic rings. The minimum absolute atomic E-state index is 0.0246. The van der Waals surface area contributed by atoms with Crippen molar-refractivity contribution in [1.29, 1.82) is 0 Å².